The number of aromatic hydroxyl groups is 2. The van der Waals surface area contributed by atoms with Crippen molar-refractivity contribution in [3.63, 3.8) is 0 Å². The van der Waals surface area contributed by atoms with Crippen LogP contribution in [0.15, 0.2) is 16.9 Å². The van der Waals surface area contributed by atoms with E-state index in [1.807, 2.05) is 13.8 Å². The summed E-state index contributed by atoms with van der Waals surface area (Å²) in [6.07, 6.45) is 0. The summed E-state index contributed by atoms with van der Waals surface area (Å²) in [7, 11) is 0. The van der Waals surface area contributed by atoms with E-state index < -0.39 is 0 Å². The van der Waals surface area contributed by atoms with Gasteiger partial charge in [0.15, 0.2) is 11.5 Å². The normalized spacial score (nSPS) is 11.4. The molecular weight excluding hydrogens is 214 g/mol. The van der Waals surface area contributed by atoms with Crippen molar-refractivity contribution in [2.45, 2.75) is 19.9 Å². The number of fused-ring (bicyclic) bond motifs is 1. The molecule has 0 fully saturated rings. The molecule has 2 N–H and O–H groups in total. The maximum absolute atomic E-state index is 11.8. The van der Waals surface area contributed by atoms with Crippen LogP contribution >= 0.6 is 11.5 Å². The van der Waals surface area contributed by atoms with E-state index in [0.29, 0.717) is 10.1 Å². The largest absolute Gasteiger partial charge is 0.504 e. The topological polar surface area (TPSA) is 62.5 Å². The molecule has 0 aliphatic heterocycles. The van der Waals surface area contributed by atoms with Crippen molar-refractivity contribution < 1.29 is 10.2 Å². The molecule has 0 bridgehead atoms. The molecule has 0 aliphatic rings. The summed E-state index contributed by atoms with van der Waals surface area (Å²) >= 11 is 1.29. The average Bonchev–Trinajstić information content (AvgIpc) is 2.46. The van der Waals surface area contributed by atoms with Crippen molar-refractivity contribution in [2.75, 3.05) is 0 Å². The Hall–Kier alpha value is -1.49. The van der Waals surface area contributed by atoms with Gasteiger partial charge in [-0.1, -0.05) is 11.5 Å². The molecule has 0 saturated carbocycles. The number of benzene rings is 1. The molecule has 0 spiro atoms. The number of phenols is 2. The summed E-state index contributed by atoms with van der Waals surface area (Å²) in [6, 6.07) is 2.80. The van der Waals surface area contributed by atoms with Crippen molar-refractivity contribution in [1.29, 1.82) is 0 Å². The van der Waals surface area contributed by atoms with E-state index in [2.05, 4.69) is 0 Å². The highest BCUT2D eigenvalue weighted by Crippen LogP contribution is 2.31. The van der Waals surface area contributed by atoms with E-state index in [9.17, 15) is 15.0 Å². The van der Waals surface area contributed by atoms with Crippen LogP contribution in [0.1, 0.15) is 19.9 Å². The zero-order valence-corrected chi connectivity index (χ0v) is 9.21. The van der Waals surface area contributed by atoms with E-state index in [-0.39, 0.29) is 23.1 Å². The summed E-state index contributed by atoms with van der Waals surface area (Å²) in [5.74, 6) is -0.451. The van der Waals surface area contributed by atoms with Crippen LogP contribution < -0.4 is 5.56 Å². The molecule has 2 aromatic rings. The third kappa shape index (κ3) is 1.48. The second kappa shape index (κ2) is 3.27. The molecule has 1 aromatic carbocycles. The fourth-order valence-corrected chi connectivity index (χ4v) is 2.42. The van der Waals surface area contributed by atoms with Gasteiger partial charge in [0, 0.05) is 12.1 Å². The highest BCUT2D eigenvalue weighted by Gasteiger charge is 2.12. The summed E-state index contributed by atoms with van der Waals surface area (Å²) in [4.78, 5) is 11.8. The van der Waals surface area contributed by atoms with Crippen LogP contribution in [0.2, 0.25) is 0 Å². The van der Waals surface area contributed by atoms with Gasteiger partial charge in [-0.3, -0.25) is 8.75 Å². The van der Waals surface area contributed by atoms with Crippen LogP contribution in [0.4, 0.5) is 0 Å². The van der Waals surface area contributed by atoms with Gasteiger partial charge in [-0.25, -0.2) is 0 Å². The lowest BCUT2D eigenvalue weighted by Gasteiger charge is -2.01. The number of phenolic OH excluding ortho intramolecular Hbond substituents is 2. The second-order valence-electron chi connectivity index (χ2n) is 3.65. The van der Waals surface area contributed by atoms with Crippen LogP contribution in [0.5, 0.6) is 11.5 Å². The average molecular weight is 225 g/mol. The zero-order chi connectivity index (χ0) is 11.2. The van der Waals surface area contributed by atoms with E-state index in [4.69, 9.17) is 0 Å². The molecule has 0 aliphatic carbocycles. The molecule has 0 amide bonds. The fraction of sp³-hybridized carbons (Fsp3) is 0.300. The summed E-state index contributed by atoms with van der Waals surface area (Å²) in [5.41, 5.74) is -0.125. The van der Waals surface area contributed by atoms with Crippen LogP contribution in [0, 0.1) is 0 Å². The minimum Gasteiger partial charge on any atom is -0.504 e. The van der Waals surface area contributed by atoms with Crippen molar-refractivity contribution in [2.24, 2.45) is 0 Å². The Morgan fingerprint density at radius 2 is 1.87 bits per heavy atom. The third-order valence-electron chi connectivity index (χ3n) is 2.17. The van der Waals surface area contributed by atoms with Crippen molar-refractivity contribution in [1.82, 2.24) is 3.96 Å². The molecule has 4 nitrogen and oxygen atoms in total. The van der Waals surface area contributed by atoms with E-state index in [1.54, 1.807) is 3.96 Å². The quantitative estimate of drug-likeness (QED) is 0.730. The first-order valence-electron chi connectivity index (χ1n) is 4.58. The van der Waals surface area contributed by atoms with E-state index in [1.165, 1.54) is 23.7 Å². The highest BCUT2D eigenvalue weighted by atomic mass is 32.1. The highest BCUT2D eigenvalue weighted by molar-refractivity contribution is 7.13. The number of hydrogen-bond donors (Lipinski definition) is 2. The number of rotatable bonds is 1. The second-order valence-corrected chi connectivity index (χ2v) is 4.67. The Kier molecular flexibility index (Phi) is 2.19. The van der Waals surface area contributed by atoms with Crippen molar-refractivity contribution >= 4 is 21.6 Å². The Bertz CT molecular complexity index is 568. The van der Waals surface area contributed by atoms with Gasteiger partial charge in [0.1, 0.15) is 0 Å². The van der Waals surface area contributed by atoms with E-state index in [0.717, 1.165) is 0 Å². The molecule has 1 aromatic heterocycles. The van der Waals surface area contributed by atoms with E-state index >= 15 is 0 Å². The van der Waals surface area contributed by atoms with Gasteiger partial charge in [0.2, 0.25) is 0 Å². The van der Waals surface area contributed by atoms with Gasteiger partial charge in [-0.05, 0) is 19.9 Å². The van der Waals surface area contributed by atoms with Crippen molar-refractivity contribution in [3.8, 4) is 11.5 Å². The van der Waals surface area contributed by atoms with Crippen LogP contribution in [-0.4, -0.2) is 14.2 Å². The van der Waals surface area contributed by atoms with Crippen molar-refractivity contribution in [3.05, 3.63) is 22.5 Å². The lowest BCUT2D eigenvalue weighted by molar-refractivity contribution is 0.405. The van der Waals surface area contributed by atoms with Gasteiger partial charge in [0.25, 0.3) is 5.56 Å². The number of aromatic nitrogens is 1. The lowest BCUT2D eigenvalue weighted by Crippen LogP contribution is -2.14. The summed E-state index contributed by atoms with van der Waals surface area (Å²) < 4.78 is 2.30. The van der Waals surface area contributed by atoms with Gasteiger partial charge in [0.05, 0.1) is 10.1 Å². The molecule has 2 rings (SSSR count). The predicted octanol–water partition coefficient (Wildman–Crippen LogP) is 2.06. The first kappa shape index (κ1) is 10.0. The standard InChI is InChI=1S/C10H11NO3S/c1-5(2)11-10(14)6-3-7(12)8(13)4-9(6)15-11/h3-5,12-13H,1-2H3. The number of hydrogen-bond acceptors (Lipinski definition) is 4. The maximum Gasteiger partial charge on any atom is 0.268 e. The SMILES string of the molecule is CC(C)n1sc2cc(O)c(O)cc2c1=O. The van der Waals surface area contributed by atoms with Crippen LogP contribution in [0.3, 0.4) is 0 Å². The Morgan fingerprint density at radius 3 is 2.47 bits per heavy atom. The Balaban J connectivity index is 2.83. The fourth-order valence-electron chi connectivity index (χ4n) is 1.41. The Labute approximate surface area is 90.2 Å². The summed E-state index contributed by atoms with van der Waals surface area (Å²) in [6.45, 7) is 3.83. The number of nitrogens with zero attached hydrogens (tertiary/aromatic N) is 1. The monoisotopic (exact) mass is 225 g/mol. The first-order valence-corrected chi connectivity index (χ1v) is 5.35. The molecule has 80 valence electrons. The molecule has 15 heavy (non-hydrogen) atoms. The molecule has 0 saturated heterocycles. The molecule has 1 heterocycles. The maximum atomic E-state index is 11.8. The molecule has 0 radical (unpaired) electrons. The predicted molar refractivity (Wildman–Crippen MR) is 59.8 cm³/mol. The Morgan fingerprint density at radius 1 is 1.27 bits per heavy atom. The third-order valence-corrected chi connectivity index (χ3v) is 3.49. The molecule has 5 heteroatoms. The van der Waals surface area contributed by atoms with Crippen LogP contribution in [0.25, 0.3) is 10.1 Å². The van der Waals surface area contributed by atoms with Gasteiger partial charge in [-0.2, -0.15) is 0 Å². The minimum absolute atomic E-state index is 0.0826. The smallest absolute Gasteiger partial charge is 0.268 e. The minimum atomic E-state index is -0.256. The molecular formula is C10H11NO3S. The van der Waals surface area contributed by atoms with Gasteiger partial charge in [-0.15, -0.1) is 0 Å². The first-order chi connectivity index (χ1) is 7.00. The van der Waals surface area contributed by atoms with Crippen LogP contribution in [-0.2, 0) is 0 Å². The van der Waals surface area contributed by atoms with Gasteiger partial charge < -0.3 is 10.2 Å². The zero-order valence-electron chi connectivity index (χ0n) is 8.39. The summed E-state index contributed by atoms with van der Waals surface area (Å²) in [5, 5.41) is 19.0. The lowest BCUT2D eigenvalue weighted by atomic mass is 10.2. The molecule has 0 atom stereocenters. The van der Waals surface area contributed by atoms with Gasteiger partial charge >= 0.3 is 0 Å². The molecule has 0 unspecified atom stereocenters.